The van der Waals surface area contributed by atoms with Gasteiger partial charge in [-0.25, -0.2) is 14.5 Å². The largest absolute Gasteiger partial charge is 0.466 e. The number of aryl methyl sites for hydroxylation is 2. The first-order chi connectivity index (χ1) is 13.2. The Balaban J connectivity index is 2.11. The molecule has 0 fully saturated rings. The second kappa shape index (κ2) is 7.46. The summed E-state index contributed by atoms with van der Waals surface area (Å²) in [6.07, 6.45) is 1.60. The Hall–Kier alpha value is -3.16. The highest BCUT2D eigenvalue weighted by molar-refractivity contribution is 6.04. The maximum Gasteiger partial charge on any atom is 0.339 e. The van der Waals surface area contributed by atoms with Gasteiger partial charge in [-0.05, 0) is 39.8 Å². The number of pyridine rings is 1. The Bertz CT molecular complexity index is 1050. The van der Waals surface area contributed by atoms with E-state index in [1.165, 1.54) is 4.90 Å². The molecule has 0 aliphatic heterocycles. The molecule has 3 heterocycles. The van der Waals surface area contributed by atoms with Crippen LogP contribution in [-0.2, 0) is 9.53 Å². The fourth-order valence-corrected chi connectivity index (χ4v) is 2.92. The number of furan rings is 1. The van der Waals surface area contributed by atoms with E-state index in [0.717, 1.165) is 11.3 Å². The number of rotatable bonds is 5. The minimum absolute atomic E-state index is 0.0617. The van der Waals surface area contributed by atoms with Gasteiger partial charge in [-0.3, -0.25) is 4.79 Å². The molecule has 3 aromatic rings. The Morgan fingerprint density at radius 3 is 2.54 bits per heavy atom. The van der Waals surface area contributed by atoms with Crippen LogP contribution in [0.25, 0.3) is 22.3 Å². The van der Waals surface area contributed by atoms with E-state index in [-0.39, 0.29) is 18.6 Å². The maximum absolute atomic E-state index is 12.8. The van der Waals surface area contributed by atoms with E-state index in [1.807, 2.05) is 33.8 Å². The standard InChI is InChI=1S/C20H24N4O4/c1-11(2)24-19-16(9-21-24)15(20(26)27-10-18(25)23(5)6)8-17(22-19)14-7-12(3)28-13(14)4/h7-9,11H,10H2,1-6H3. The SMILES string of the molecule is Cc1cc(-c2cc(C(=O)OCC(=O)N(C)C)c3cnn(C(C)C)c3n2)c(C)o1. The molecule has 0 aromatic carbocycles. The Morgan fingerprint density at radius 1 is 1.25 bits per heavy atom. The van der Waals surface area contributed by atoms with E-state index in [9.17, 15) is 9.59 Å². The molecule has 0 saturated heterocycles. The number of fused-ring (bicyclic) bond motifs is 1. The molecule has 0 spiro atoms. The predicted octanol–water partition coefficient (Wildman–Crippen LogP) is 3.13. The fraction of sp³-hybridized carbons (Fsp3) is 0.400. The van der Waals surface area contributed by atoms with Gasteiger partial charge >= 0.3 is 5.97 Å². The van der Waals surface area contributed by atoms with Crippen molar-refractivity contribution in [3.8, 4) is 11.3 Å². The van der Waals surface area contributed by atoms with E-state index in [2.05, 4.69) is 5.10 Å². The first-order valence-corrected chi connectivity index (χ1v) is 9.02. The molecular weight excluding hydrogens is 360 g/mol. The van der Waals surface area contributed by atoms with Gasteiger partial charge < -0.3 is 14.1 Å². The van der Waals surface area contributed by atoms with Crippen LogP contribution in [0, 0.1) is 13.8 Å². The van der Waals surface area contributed by atoms with Crippen LogP contribution in [0.3, 0.4) is 0 Å². The van der Waals surface area contributed by atoms with Gasteiger partial charge in [0.15, 0.2) is 12.3 Å². The van der Waals surface area contributed by atoms with Crippen molar-refractivity contribution >= 4 is 22.9 Å². The van der Waals surface area contributed by atoms with Crippen LogP contribution in [0.1, 0.15) is 41.8 Å². The number of nitrogens with zero attached hydrogens (tertiary/aromatic N) is 4. The molecule has 0 saturated carbocycles. The number of esters is 1. The molecule has 28 heavy (non-hydrogen) atoms. The average Bonchev–Trinajstić information content (AvgIpc) is 3.20. The van der Waals surface area contributed by atoms with Crippen LogP contribution in [0.5, 0.6) is 0 Å². The van der Waals surface area contributed by atoms with Crippen molar-refractivity contribution < 1.29 is 18.7 Å². The normalized spacial score (nSPS) is 11.2. The summed E-state index contributed by atoms with van der Waals surface area (Å²) in [5.74, 6) is 0.581. The lowest BCUT2D eigenvalue weighted by Gasteiger charge is -2.12. The monoisotopic (exact) mass is 384 g/mol. The fourth-order valence-electron chi connectivity index (χ4n) is 2.92. The molecule has 0 N–H and O–H groups in total. The van der Waals surface area contributed by atoms with Crippen molar-refractivity contribution in [1.29, 1.82) is 0 Å². The summed E-state index contributed by atoms with van der Waals surface area (Å²) in [6.45, 7) is 7.36. The van der Waals surface area contributed by atoms with Crippen LogP contribution in [0.2, 0.25) is 0 Å². The molecule has 3 rings (SSSR count). The van der Waals surface area contributed by atoms with Crippen molar-refractivity contribution in [2.75, 3.05) is 20.7 Å². The first kappa shape index (κ1) is 19.6. The molecule has 0 aliphatic carbocycles. The lowest BCUT2D eigenvalue weighted by molar-refractivity contribution is -0.131. The lowest BCUT2D eigenvalue weighted by Crippen LogP contribution is -2.27. The second-order valence-electron chi connectivity index (χ2n) is 7.17. The van der Waals surface area contributed by atoms with E-state index in [1.54, 1.807) is 31.0 Å². The summed E-state index contributed by atoms with van der Waals surface area (Å²) in [7, 11) is 3.21. The second-order valence-corrected chi connectivity index (χ2v) is 7.17. The molecule has 1 amide bonds. The summed E-state index contributed by atoms with van der Waals surface area (Å²) in [5, 5.41) is 4.95. The Labute approximate surface area is 163 Å². The zero-order valence-corrected chi connectivity index (χ0v) is 16.9. The summed E-state index contributed by atoms with van der Waals surface area (Å²) < 4.78 is 12.6. The van der Waals surface area contributed by atoms with E-state index in [0.29, 0.717) is 28.1 Å². The van der Waals surface area contributed by atoms with Gasteiger partial charge in [0, 0.05) is 25.7 Å². The number of carbonyl (C=O) groups excluding carboxylic acids is 2. The third-order valence-corrected chi connectivity index (χ3v) is 4.42. The Morgan fingerprint density at radius 2 is 1.96 bits per heavy atom. The van der Waals surface area contributed by atoms with Crippen molar-refractivity contribution in [2.45, 2.75) is 33.7 Å². The van der Waals surface area contributed by atoms with Gasteiger partial charge in [-0.2, -0.15) is 5.10 Å². The number of hydrogen-bond acceptors (Lipinski definition) is 6. The minimum atomic E-state index is -0.593. The number of likely N-dealkylation sites (N-methyl/N-ethyl adjacent to an activating group) is 1. The van der Waals surface area contributed by atoms with Gasteiger partial charge in [0.2, 0.25) is 0 Å². The molecule has 0 unspecified atom stereocenters. The molecule has 148 valence electrons. The third kappa shape index (κ3) is 3.62. The molecule has 0 radical (unpaired) electrons. The number of carbonyl (C=O) groups is 2. The molecule has 8 heteroatoms. The molecule has 0 aliphatic rings. The van der Waals surface area contributed by atoms with Gasteiger partial charge in [0.25, 0.3) is 5.91 Å². The molecule has 3 aromatic heterocycles. The summed E-state index contributed by atoms with van der Waals surface area (Å²) >= 11 is 0. The van der Waals surface area contributed by atoms with Gasteiger partial charge in [0.05, 0.1) is 22.8 Å². The van der Waals surface area contributed by atoms with Crippen molar-refractivity contribution in [3.63, 3.8) is 0 Å². The lowest BCUT2D eigenvalue weighted by atomic mass is 10.1. The molecular formula is C20H24N4O4. The van der Waals surface area contributed by atoms with E-state index >= 15 is 0 Å². The maximum atomic E-state index is 12.8. The molecule has 0 bridgehead atoms. The quantitative estimate of drug-likeness (QED) is 0.628. The van der Waals surface area contributed by atoms with Crippen LogP contribution in [-0.4, -0.2) is 52.2 Å². The van der Waals surface area contributed by atoms with Crippen LogP contribution < -0.4 is 0 Å². The first-order valence-electron chi connectivity index (χ1n) is 9.02. The van der Waals surface area contributed by atoms with Crippen LogP contribution in [0.4, 0.5) is 0 Å². The summed E-state index contributed by atoms with van der Waals surface area (Å²) in [4.78, 5) is 30.6. The number of aromatic nitrogens is 3. The highest BCUT2D eigenvalue weighted by Crippen LogP contribution is 2.30. The zero-order valence-electron chi connectivity index (χ0n) is 16.9. The number of hydrogen-bond donors (Lipinski definition) is 0. The van der Waals surface area contributed by atoms with E-state index < -0.39 is 5.97 Å². The van der Waals surface area contributed by atoms with E-state index in [4.69, 9.17) is 14.1 Å². The number of ether oxygens (including phenoxy) is 1. The molecule has 8 nitrogen and oxygen atoms in total. The Kier molecular flexibility index (Phi) is 5.22. The average molecular weight is 384 g/mol. The molecule has 0 atom stereocenters. The van der Waals surface area contributed by atoms with Crippen molar-refractivity contribution in [1.82, 2.24) is 19.7 Å². The van der Waals surface area contributed by atoms with Crippen molar-refractivity contribution in [2.24, 2.45) is 0 Å². The summed E-state index contributed by atoms with van der Waals surface area (Å²) in [5.41, 5.74) is 2.29. The highest BCUT2D eigenvalue weighted by atomic mass is 16.5. The smallest absolute Gasteiger partial charge is 0.339 e. The zero-order chi connectivity index (χ0) is 20.6. The van der Waals surface area contributed by atoms with Crippen molar-refractivity contribution in [3.05, 3.63) is 35.4 Å². The number of amides is 1. The van der Waals surface area contributed by atoms with Gasteiger partial charge in [-0.15, -0.1) is 0 Å². The topological polar surface area (TPSA) is 90.5 Å². The predicted molar refractivity (Wildman–Crippen MR) is 104 cm³/mol. The van der Waals surface area contributed by atoms with Crippen LogP contribution in [0.15, 0.2) is 22.7 Å². The van der Waals surface area contributed by atoms with Crippen LogP contribution >= 0.6 is 0 Å². The summed E-state index contributed by atoms with van der Waals surface area (Å²) in [6, 6.07) is 3.60. The minimum Gasteiger partial charge on any atom is -0.466 e. The highest BCUT2D eigenvalue weighted by Gasteiger charge is 2.22. The van der Waals surface area contributed by atoms with Gasteiger partial charge in [-0.1, -0.05) is 0 Å². The third-order valence-electron chi connectivity index (χ3n) is 4.42. The van der Waals surface area contributed by atoms with Gasteiger partial charge in [0.1, 0.15) is 11.5 Å².